The minimum absolute atomic E-state index is 0.129. The Kier molecular flexibility index (Phi) is 3.24. The van der Waals surface area contributed by atoms with Crippen molar-refractivity contribution in [2.75, 3.05) is 6.54 Å². The molecule has 0 saturated heterocycles. The van der Waals surface area contributed by atoms with Gasteiger partial charge in [-0.05, 0) is 69.2 Å². The van der Waals surface area contributed by atoms with E-state index in [-0.39, 0.29) is 11.2 Å². The molecule has 114 valence electrons. The first-order valence-corrected chi connectivity index (χ1v) is 7.64. The van der Waals surface area contributed by atoms with Crippen molar-refractivity contribution in [2.24, 2.45) is 5.41 Å². The van der Waals surface area contributed by atoms with E-state index in [2.05, 4.69) is 12.4 Å². The Morgan fingerprint density at radius 3 is 2.57 bits per heavy atom. The second-order valence-corrected chi connectivity index (χ2v) is 6.71. The van der Waals surface area contributed by atoms with Crippen molar-refractivity contribution < 1.29 is 15.1 Å². The molecule has 0 aromatic heterocycles. The summed E-state index contributed by atoms with van der Waals surface area (Å²) in [6.07, 6.45) is 5.35. The van der Waals surface area contributed by atoms with Crippen molar-refractivity contribution in [1.29, 1.82) is 0 Å². The summed E-state index contributed by atoms with van der Waals surface area (Å²) < 4.78 is 0. The van der Waals surface area contributed by atoms with Crippen molar-refractivity contribution in [3.8, 4) is 0 Å². The molecule has 4 nitrogen and oxygen atoms in total. The van der Waals surface area contributed by atoms with Crippen LogP contribution < -0.4 is 5.48 Å². The molecule has 1 atom stereocenters. The van der Waals surface area contributed by atoms with Gasteiger partial charge in [0.05, 0.1) is 0 Å². The van der Waals surface area contributed by atoms with Crippen molar-refractivity contribution in [1.82, 2.24) is 5.48 Å². The van der Waals surface area contributed by atoms with Crippen LogP contribution in [0.3, 0.4) is 0 Å². The third-order valence-corrected chi connectivity index (χ3v) is 5.58. The maximum atomic E-state index is 12.7. The number of hydroxylamine groups is 1. The predicted octanol–water partition coefficient (Wildman–Crippen LogP) is 2.43. The van der Waals surface area contributed by atoms with Gasteiger partial charge in [-0.15, -0.1) is 0 Å². The third kappa shape index (κ3) is 1.83. The van der Waals surface area contributed by atoms with Gasteiger partial charge in [0.2, 0.25) is 0 Å². The molecule has 0 bridgehead atoms. The number of allylic oxidation sites excluding steroid dienone is 4. The molecule has 0 aliphatic heterocycles. The highest BCUT2D eigenvalue weighted by Gasteiger charge is 2.64. The Labute approximate surface area is 125 Å². The summed E-state index contributed by atoms with van der Waals surface area (Å²) in [5, 5.41) is 19.5. The van der Waals surface area contributed by atoms with E-state index < -0.39 is 5.60 Å². The van der Waals surface area contributed by atoms with Crippen LogP contribution in [-0.2, 0) is 4.79 Å². The van der Waals surface area contributed by atoms with Gasteiger partial charge in [-0.1, -0.05) is 5.57 Å². The Balaban J connectivity index is 2.04. The topological polar surface area (TPSA) is 69.6 Å². The molecule has 21 heavy (non-hydrogen) atoms. The minimum Gasteiger partial charge on any atom is -0.381 e. The molecule has 0 aromatic carbocycles. The normalized spacial score (nSPS) is 30.1. The van der Waals surface area contributed by atoms with Gasteiger partial charge in [-0.25, -0.2) is 5.48 Å². The number of hydrogen-bond acceptors (Lipinski definition) is 4. The monoisotopic (exact) mass is 289 g/mol. The fourth-order valence-electron chi connectivity index (χ4n) is 4.08. The lowest BCUT2D eigenvalue weighted by Crippen LogP contribution is -2.49. The molecule has 0 unspecified atom stereocenters. The van der Waals surface area contributed by atoms with Crippen molar-refractivity contribution in [3.63, 3.8) is 0 Å². The van der Waals surface area contributed by atoms with Crippen LogP contribution in [0.5, 0.6) is 0 Å². The SMILES string of the molecule is CC1=C(CCCNO)C2=C(C)C3(CC3)[C@@](C)(O)C(=O)C2=C1. The van der Waals surface area contributed by atoms with E-state index in [0.717, 1.165) is 36.8 Å². The maximum absolute atomic E-state index is 12.7. The van der Waals surface area contributed by atoms with Crippen molar-refractivity contribution in [2.45, 2.75) is 52.1 Å². The summed E-state index contributed by atoms with van der Waals surface area (Å²) in [6.45, 7) is 6.30. The lowest BCUT2D eigenvalue weighted by atomic mass is 9.67. The van der Waals surface area contributed by atoms with Crippen LogP contribution in [0.15, 0.2) is 33.9 Å². The Morgan fingerprint density at radius 1 is 1.33 bits per heavy atom. The number of hydrogen-bond donors (Lipinski definition) is 3. The first-order chi connectivity index (χ1) is 9.87. The Hall–Kier alpha value is -1.23. The van der Waals surface area contributed by atoms with E-state index in [0.29, 0.717) is 12.1 Å². The van der Waals surface area contributed by atoms with Gasteiger partial charge in [0, 0.05) is 17.5 Å². The van der Waals surface area contributed by atoms with Crippen LogP contribution in [0.2, 0.25) is 0 Å². The number of carbonyl (C=O) groups is 1. The Morgan fingerprint density at radius 2 is 2.00 bits per heavy atom. The largest absolute Gasteiger partial charge is 0.381 e. The minimum atomic E-state index is -1.27. The maximum Gasteiger partial charge on any atom is 0.195 e. The van der Waals surface area contributed by atoms with Gasteiger partial charge in [-0.3, -0.25) is 4.79 Å². The molecule has 3 aliphatic carbocycles. The quantitative estimate of drug-likeness (QED) is 0.549. The smallest absolute Gasteiger partial charge is 0.195 e. The van der Waals surface area contributed by atoms with Gasteiger partial charge in [0.25, 0.3) is 0 Å². The average Bonchev–Trinajstić information content (AvgIpc) is 3.18. The van der Waals surface area contributed by atoms with E-state index in [9.17, 15) is 9.90 Å². The fourth-order valence-corrected chi connectivity index (χ4v) is 4.08. The van der Waals surface area contributed by atoms with Gasteiger partial charge in [0.15, 0.2) is 5.78 Å². The number of aliphatic hydroxyl groups is 1. The summed E-state index contributed by atoms with van der Waals surface area (Å²) in [5.41, 5.74) is 5.79. The van der Waals surface area contributed by atoms with E-state index >= 15 is 0 Å². The molecular formula is C17H23NO3. The zero-order chi connectivity index (χ0) is 15.4. The number of Topliss-reactive ketones (excluding diaryl/α,β-unsaturated/α-hetero) is 1. The molecule has 1 saturated carbocycles. The van der Waals surface area contributed by atoms with Crippen LogP contribution in [0, 0.1) is 5.41 Å². The predicted molar refractivity (Wildman–Crippen MR) is 79.8 cm³/mol. The highest BCUT2D eigenvalue weighted by atomic mass is 16.5. The zero-order valence-corrected chi connectivity index (χ0v) is 12.9. The van der Waals surface area contributed by atoms with Crippen LogP contribution in [0.25, 0.3) is 0 Å². The molecule has 3 aliphatic rings. The number of fused-ring (bicyclic) bond motifs is 1. The summed E-state index contributed by atoms with van der Waals surface area (Å²) in [6, 6.07) is 0. The number of ketones is 1. The van der Waals surface area contributed by atoms with Gasteiger partial charge >= 0.3 is 0 Å². The van der Waals surface area contributed by atoms with E-state index in [1.54, 1.807) is 6.92 Å². The van der Waals surface area contributed by atoms with Crippen molar-refractivity contribution >= 4 is 5.78 Å². The van der Waals surface area contributed by atoms with Crippen LogP contribution in [0.4, 0.5) is 0 Å². The second kappa shape index (κ2) is 4.63. The molecule has 0 aromatic rings. The van der Waals surface area contributed by atoms with Crippen LogP contribution in [0.1, 0.15) is 46.5 Å². The Bertz CT molecular complexity index is 604. The highest BCUT2D eigenvalue weighted by Crippen LogP contribution is 2.65. The molecule has 0 amide bonds. The van der Waals surface area contributed by atoms with Crippen molar-refractivity contribution in [3.05, 3.63) is 33.9 Å². The lowest BCUT2D eigenvalue weighted by Gasteiger charge is -2.39. The third-order valence-electron chi connectivity index (χ3n) is 5.58. The zero-order valence-electron chi connectivity index (χ0n) is 12.9. The van der Waals surface area contributed by atoms with Crippen LogP contribution >= 0.6 is 0 Å². The number of rotatable bonds is 4. The summed E-state index contributed by atoms with van der Waals surface area (Å²) >= 11 is 0. The summed E-state index contributed by atoms with van der Waals surface area (Å²) in [7, 11) is 0. The van der Waals surface area contributed by atoms with Gasteiger partial charge < -0.3 is 10.3 Å². The number of carbonyl (C=O) groups excluding carboxylic acids is 1. The van der Waals surface area contributed by atoms with Gasteiger partial charge in [0.1, 0.15) is 5.60 Å². The summed E-state index contributed by atoms with van der Waals surface area (Å²) in [4.78, 5) is 12.7. The fraction of sp³-hybridized carbons (Fsp3) is 0.588. The first kappa shape index (κ1) is 14.7. The molecular weight excluding hydrogens is 266 g/mol. The molecule has 3 N–H and O–H groups in total. The first-order valence-electron chi connectivity index (χ1n) is 7.64. The molecule has 0 heterocycles. The second-order valence-electron chi connectivity index (χ2n) is 6.71. The highest BCUT2D eigenvalue weighted by molar-refractivity contribution is 6.10. The lowest BCUT2D eigenvalue weighted by molar-refractivity contribution is -0.137. The van der Waals surface area contributed by atoms with E-state index in [1.807, 2.05) is 13.0 Å². The van der Waals surface area contributed by atoms with E-state index in [1.165, 1.54) is 11.1 Å². The molecule has 1 fully saturated rings. The molecule has 0 radical (unpaired) electrons. The molecule has 3 rings (SSSR count). The summed E-state index contributed by atoms with van der Waals surface area (Å²) in [5.74, 6) is -0.129. The molecule has 1 spiro atoms. The van der Waals surface area contributed by atoms with Crippen LogP contribution in [-0.4, -0.2) is 28.2 Å². The average molecular weight is 289 g/mol. The number of nitrogens with one attached hydrogen (secondary N) is 1. The van der Waals surface area contributed by atoms with E-state index in [4.69, 9.17) is 5.21 Å². The van der Waals surface area contributed by atoms with Gasteiger partial charge in [-0.2, -0.15) is 0 Å². The standard InChI is InChI=1S/C17H23NO3/c1-10-9-13-14(12(10)5-4-8-18-21)11(2)17(6-7-17)16(3,20)15(13)19/h9,18,20-21H,4-8H2,1-3H3/t16-/m0/s1. The molecule has 4 heteroatoms.